The maximum absolute atomic E-state index is 13.5. The van der Waals surface area contributed by atoms with Gasteiger partial charge in [-0.05, 0) is 51.9 Å². The lowest BCUT2D eigenvalue weighted by Gasteiger charge is -2.33. The van der Waals surface area contributed by atoms with Crippen LogP contribution in [0.3, 0.4) is 0 Å². The maximum atomic E-state index is 13.5. The Kier molecular flexibility index (Phi) is 9.20. The van der Waals surface area contributed by atoms with Gasteiger partial charge in [0.2, 0.25) is 10.0 Å². The number of likely N-dealkylation sites (N-methyl/N-ethyl adjacent to an activating group) is 1. The highest BCUT2D eigenvalue weighted by Crippen LogP contribution is 2.30. The highest BCUT2D eigenvalue weighted by molar-refractivity contribution is 7.89. The first kappa shape index (κ1) is 27.4. The van der Waals surface area contributed by atoms with Gasteiger partial charge in [-0.1, -0.05) is 32.5 Å². The van der Waals surface area contributed by atoms with Crippen molar-refractivity contribution in [2.75, 3.05) is 39.3 Å². The summed E-state index contributed by atoms with van der Waals surface area (Å²) in [5.41, 5.74) is 3.73. The third-order valence-corrected chi connectivity index (χ3v) is 8.34. The summed E-state index contributed by atoms with van der Waals surface area (Å²) in [5.74, 6) is 0.602. The van der Waals surface area contributed by atoms with E-state index in [4.69, 9.17) is 21.9 Å². The fourth-order valence-corrected chi connectivity index (χ4v) is 6.06. The Morgan fingerprint density at radius 1 is 1.14 bits per heavy atom. The molecule has 0 radical (unpaired) electrons. The second-order valence-electron chi connectivity index (χ2n) is 8.70. The molecule has 1 aromatic heterocycles. The van der Waals surface area contributed by atoms with Gasteiger partial charge in [0.05, 0.1) is 17.2 Å². The smallest absolute Gasteiger partial charge is 0.243 e. The second-order valence-corrected chi connectivity index (χ2v) is 11.3. The van der Waals surface area contributed by atoms with Gasteiger partial charge in [-0.3, -0.25) is 4.68 Å². The number of aliphatic imine (C=N–C) groups is 1. The highest BCUT2D eigenvalue weighted by atomic mass is 32.2. The first-order valence-corrected chi connectivity index (χ1v) is 14.1. The third kappa shape index (κ3) is 5.99. The Hall–Kier alpha value is -2.14. The summed E-state index contributed by atoms with van der Waals surface area (Å²) in [6.07, 6.45) is 1.71. The molecule has 0 N–H and O–H groups in total. The molecular weight excluding hydrogens is 482 g/mol. The van der Waals surface area contributed by atoms with Crippen LogP contribution in [0.5, 0.6) is 5.75 Å². The predicted molar refractivity (Wildman–Crippen MR) is 145 cm³/mol. The minimum atomic E-state index is -3.63. The number of benzene rings is 1. The van der Waals surface area contributed by atoms with Gasteiger partial charge in [0.25, 0.3) is 0 Å². The van der Waals surface area contributed by atoms with Crippen LogP contribution in [0, 0.1) is 0 Å². The molecule has 3 rings (SSSR count). The normalized spacial score (nSPS) is 16.0. The Morgan fingerprint density at radius 2 is 1.83 bits per heavy atom. The van der Waals surface area contributed by atoms with Crippen molar-refractivity contribution in [3.63, 3.8) is 0 Å². The zero-order valence-electron chi connectivity index (χ0n) is 21.7. The van der Waals surface area contributed by atoms with E-state index in [2.05, 4.69) is 23.8 Å². The van der Waals surface area contributed by atoms with Crippen LogP contribution in [-0.4, -0.2) is 77.3 Å². The SMILES string of the molecule is CCCc1nn(C)c(C(C)=S)c1N=C(C)c1cc(S(=O)(=O)N2CCN(CC)CC2)ccc1OCC. The summed E-state index contributed by atoms with van der Waals surface area (Å²) < 4.78 is 36.1. The molecule has 1 aliphatic rings. The monoisotopic (exact) mass is 519 g/mol. The van der Waals surface area contributed by atoms with Gasteiger partial charge in [-0.25, -0.2) is 13.4 Å². The third-order valence-electron chi connectivity index (χ3n) is 6.25. The minimum absolute atomic E-state index is 0.252. The van der Waals surface area contributed by atoms with Gasteiger partial charge in [0, 0.05) is 49.4 Å². The number of piperazine rings is 1. The maximum Gasteiger partial charge on any atom is 0.243 e. The Balaban J connectivity index is 2.07. The molecule has 2 heterocycles. The number of nitrogens with zero attached hydrogens (tertiary/aromatic N) is 5. The molecule has 1 fully saturated rings. The lowest BCUT2D eigenvalue weighted by molar-refractivity contribution is 0.196. The molecule has 1 aliphatic heterocycles. The summed E-state index contributed by atoms with van der Waals surface area (Å²) in [6, 6.07) is 5.04. The molecule has 0 atom stereocenters. The van der Waals surface area contributed by atoms with Crippen molar-refractivity contribution in [3.05, 3.63) is 35.2 Å². The van der Waals surface area contributed by atoms with E-state index in [1.54, 1.807) is 27.2 Å². The van der Waals surface area contributed by atoms with E-state index in [9.17, 15) is 8.42 Å². The lowest BCUT2D eigenvalue weighted by Crippen LogP contribution is -2.48. The van der Waals surface area contributed by atoms with E-state index in [-0.39, 0.29) is 4.90 Å². The van der Waals surface area contributed by atoms with Gasteiger partial charge in [-0.2, -0.15) is 9.40 Å². The van der Waals surface area contributed by atoms with E-state index in [0.717, 1.165) is 49.6 Å². The topological polar surface area (TPSA) is 80.0 Å². The van der Waals surface area contributed by atoms with E-state index in [1.165, 1.54) is 0 Å². The van der Waals surface area contributed by atoms with Crippen LogP contribution < -0.4 is 4.74 Å². The summed E-state index contributed by atoms with van der Waals surface area (Å²) in [4.78, 5) is 8.16. The number of aromatic nitrogens is 2. The van der Waals surface area contributed by atoms with E-state index in [0.29, 0.717) is 41.6 Å². The van der Waals surface area contributed by atoms with Crippen LogP contribution in [0.25, 0.3) is 0 Å². The average Bonchev–Trinajstić information content (AvgIpc) is 3.14. The van der Waals surface area contributed by atoms with Crippen LogP contribution in [0.1, 0.15) is 58.0 Å². The lowest BCUT2D eigenvalue weighted by atomic mass is 10.1. The number of rotatable bonds is 10. The van der Waals surface area contributed by atoms with Crippen LogP contribution in [-0.2, 0) is 23.5 Å². The molecule has 0 bridgehead atoms. The van der Waals surface area contributed by atoms with Crippen molar-refractivity contribution < 1.29 is 13.2 Å². The Bertz CT molecular complexity index is 1200. The van der Waals surface area contributed by atoms with Crippen LogP contribution in [0.15, 0.2) is 28.1 Å². The zero-order chi connectivity index (χ0) is 25.8. The predicted octanol–water partition coefficient (Wildman–Crippen LogP) is 3.98. The molecule has 35 heavy (non-hydrogen) atoms. The largest absolute Gasteiger partial charge is 0.493 e. The van der Waals surface area contributed by atoms with Gasteiger partial charge in [0.1, 0.15) is 17.1 Å². The van der Waals surface area contributed by atoms with Crippen molar-refractivity contribution >= 4 is 38.5 Å². The fourth-order valence-electron chi connectivity index (χ4n) is 4.38. The molecule has 0 aliphatic carbocycles. The van der Waals surface area contributed by atoms with Crippen LogP contribution in [0.4, 0.5) is 5.69 Å². The Morgan fingerprint density at radius 3 is 2.40 bits per heavy atom. The molecule has 1 aromatic carbocycles. The van der Waals surface area contributed by atoms with Crippen LogP contribution in [0.2, 0.25) is 0 Å². The van der Waals surface area contributed by atoms with Crippen molar-refractivity contribution in [3.8, 4) is 5.75 Å². The van der Waals surface area contributed by atoms with Crippen molar-refractivity contribution in [1.29, 1.82) is 0 Å². The first-order valence-electron chi connectivity index (χ1n) is 12.3. The van der Waals surface area contributed by atoms with E-state index >= 15 is 0 Å². The van der Waals surface area contributed by atoms with E-state index in [1.807, 2.05) is 27.8 Å². The molecule has 0 amide bonds. The van der Waals surface area contributed by atoms with E-state index < -0.39 is 10.0 Å². The van der Waals surface area contributed by atoms with Gasteiger partial charge < -0.3 is 9.64 Å². The molecule has 2 aromatic rings. The number of thiocarbonyl (C=S) groups is 1. The molecule has 0 unspecified atom stereocenters. The van der Waals surface area contributed by atoms with Gasteiger partial charge in [-0.15, -0.1) is 0 Å². The molecule has 1 saturated heterocycles. The Labute approximate surface area is 215 Å². The van der Waals surface area contributed by atoms with Gasteiger partial charge >= 0.3 is 0 Å². The number of ether oxygens (including phenoxy) is 1. The molecule has 8 nitrogen and oxygen atoms in total. The van der Waals surface area contributed by atoms with Crippen molar-refractivity contribution in [2.45, 2.75) is 52.4 Å². The standard InChI is InChI=1S/C25H37N5O3S2/c1-7-10-22-24(25(19(5)34)28(6)27-22)26-18(4)21-17-20(11-12-23(21)33-9-3)35(31,32)30-15-13-29(8-2)14-16-30/h11-12,17H,7-10,13-16H2,1-6H3. The molecule has 10 heteroatoms. The minimum Gasteiger partial charge on any atom is -0.493 e. The van der Waals surface area contributed by atoms with Crippen molar-refractivity contribution in [1.82, 2.24) is 19.0 Å². The van der Waals surface area contributed by atoms with Gasteiger partial charge in [0.15, 0.2) is 0 Å². The molecule has 0 saturated carbocycles. The number of hydrogen-bond donors (Lipinski definition) is 0. The quantitative estimate of drug-likeness (QED) is 0.268. The summed E-state index contributed by atoms with van der Waals surface area (Å²) >= 11 is 5.49. The zero-order valence-corrected chi connectivity index (χ0v) is 23.3. The summed E-state index contributed by atoms with van der Waals surface area (Å²) in [6.45, 7) is 13.7. The highest BCUT2D eigenvalue weighted by Gasteiger charge is 2.29. The van der Waals surface area contributed by atoms with Crippen molar-refractivity contribution in [2.24, 2.45) is 12.0 Å². The summed E-state index contributed by atoms with van der Waals surface area (Å²) in [5, 5.41) is 4.64. The first-order chi connectivity index (χ1) is 16.6. The molecule has 192 valence electrons. The molecular formula is C25H37N5O3S2. The second kappa shape index (κ2) is 11.7. The average molecular weight is 520 g/mol. The number of hydrogen-bond acceptors (Lipinski definition) is 7. The fraction of sp³-hybridized carbons (Fsp3) is 0.560. The number of aryl methyl sites for hydroxylation is 2. The number of sulfonamides is 1. The molecule has 0 spiro atoms. The van der Waals surface area contributed by atoms with Crippen LogP contribution >= 0.6 is 12.2 Å². The summed E-state index contributed by atoms with van der Waals surface area (Å²) in [7, 11) is -1.76.